The van der Waals surface area contributed by atoms with Crippen LogP contribution in [0.5, 0.6) is 5.75 Å². The van der Waals surface area contributed by atoms with E-state index >= 15 is 0 Å². The van der Waals surface area contributed by atoms with Gasteiger partial charge in [0.15, 0.2) is 0 Å². The summed E-state index contributed by atoms with van der Waals surface area (Å²) in [5, 5.41) is 1.88. The van der Waals surface area contributed by atoms with E-state index in [4.69, 9.17) is 14.6 Å². The zero-order valence-corrected chi connectivity index (χ0v) is 19.7. The molecule has 7 heteroatoms. The van der Waals surface area contributed by atoms with Crippen molar-refractivity contribution in [3.63, 3.8) is 0 Å². The van der Waals surface area contributed by atoms with E-state index in [-0.39, 0.29) is 5.82 Å². The molecule has 2 aromatic rings. The van der Waals surface area contributed by atoms with Crippen molar-refractivity contribution in [1.82, 2.24) is 0 Å². The summed E-state index contributed by atoms with van der Waals surface area (Å²) >= 11 is 0. The van der Waals surface area contributed by atoms with Crippen molar-refractivity contribution in [3.8, 4) is 16.9 Å². The number of carbonyl (C=O) groups excluding carboxylic acids is 1. The van der Waals surface area contributed by atoms with Gasteiger partial charge in [-0.1, -0.05) is 17.7 Å². The van der Waals surface area contributed by atoms with Crippen LogP contribution in [-0.2, 0) is 10.5 Å². The van der Waals surface area contributed by atoms with Gasteiger partial charge in [0.25, 0.3) is 0 Å². The first-order valence-electron chi connectivity index (χ1n) is 9.72. The van der Waals surface area contributed by atoms with Crippen LogP contribution in [0.4, 0.5) is 4.39 Å². The molecule has 1 aliphatic carbocycles. The van der Waals surface area contributed by atoms with E-state index in [9.17, 15) is 9.18 Å². The van der Waals surface area contributed by atoms with Gasteiger partial charge >= 0.3 is 0 Å². The molecule has 29 heavy (non-hydrogen) atoms. The molecule has 2 N–H and O–H groups in total. The maximum atomic E-state index is 14.5. The molecule has 0 fully saturated rings. The molecule has 0 spiro atoms. The maximum Gasteiger partial charge on any atom is 0.249 e. The smallest absolute Gasteiger partial charge is 0.249 e. The second-order valence-electron chi connectivity index (χ2n) is 8.90. The molecule has 0 saturated carbocycles. The molecule has 4 rings (SSSR count). The number of rotatable bonds is 3. The second-order valence-corrected chi connectivity index (χ2v) is 16.8. The summed E-state index contributed by atoms with van der Waals surface area (Å²) in [7, 11) is -3.03. The third kappa shape index (κ3) is 2.91. The van der Waals surface area contributed by atoms with Crippen molar-refractivity contribution in [1.29, 1.82) is 0 Å². The zero-order valence-electron chi connectivity index (χ0n) is 17.7. The summed E-state index contributed by atoms with van der Waals surface area (Å²) in [5.74, 6) is 0.0933. The van der Waals surface area contributed by atoms with Crippen LogP contribution in [-0.4, -0.2) is 29.7 Å². The molecule has 0 radical (unpaired) electrons. The molecule has 0 atom stereocenters. The largest absolute Gasteiger partial charge is 0.497 e. The lowest BCUT2D eigenvalue weighted by Gasteiger charge is -2.43. The van der Waals surface area contributed by atoms with Crippen LogP contribution < -0.4 is 20.8 Å². The number of ether oxygens (including phenoxy) is 1. The quantitative estimate of drug-likeness (QED) is 0.764. The van der Waals surface area contributed by atoms with Crippen LogP contribution in [0.3, 0.4) is 0 Å². The standard InChI is InChI=1S/C22H26FNO3Si2/c1-12-9-14-13(7-8-17(23)15(14)10-12)19-16(22(24)25)11-18-20(26-2)21(19)29(5,6)27-28(18,3)4/h7-9,11H,10H2,1-6H3,(H2,24,25). The molecule has 0 saturated heterocycles. The monoisotopic (exact) mass is 427 g/mol. The molecular weight excluding hydrogens is 401 g/mol. The number of nitrogens with two attached hydrogens (primary N) is 1. The van der Waals surface area contributed by atoms with Gasteiger partial charge in [-0.05, 0) is 68.4 Å². The van der Waals surface area contributed by atoms with Crippen LogP contribution >= 0.6 is 0 Å². The molecule has 2 bridgehead atoms. The highest BCUT2D eigenvalue weighted by Gasteiger charge is 2.48. The van der Waals surface area contributed by atoms with E-state index in [1.807, 2.05) is 19.1 Å². The Balaban J connectivity index is 2.18. The minimum atomic E-state index is -2.43. The topological polar surface area (TPSA) is 61.5 Å². The van der Waals surface area contributed by atoms with Gasteiger partial charge in [0.05, 0.1) is 7.11 Å². The Hall–Kier alpha value is -2.23. The predicted octanol–water partition coefficient (Wildman–Crippen LogP) is 3.41. The highest BCUT2D eigenvalue weighted by molar-refractivity contribution is 7.01. The Morgan fingerprint density at radius 1 is 1.21 bits per heavy atom. The fourth-order valence-corrected chi connectivity index (χ4v) is 13.9. The lowest BCUT2D eigenvalue weighted by molar-refractivity contribution is 0.100. The average Bonchev–Trinajstić information content (AvgIpc) is 3.00. The Morgan fingerprint density at radius 3 is 2.52 bits per heavy atom. The van der Waals surface area contributed by atoms with Crippen LogP contribution in [0.2, 0.25) is 26.2 Å². The Morgan fingerprint density at radius 2 is 1.90 bits per heavy atom. The van der Waals surface area contributed by atoms with Gasteiger partial charge in [-0.3, -0.25) is 4.79 Å². The molecule has 1 aliphatic heterocycles. The van der Waals surface area contributed by atoms with E-state index in [2.05, 4.69) is 26.2 Å². The van der Waals surface area contributed by atoms with Crippen molar-refractivity contribution < 1.29 is 18.0 Å². The number of methoxy groups -OCH3 is 1. The summed E-state index contributed by atoms with van der Waals surface area (Å²) in [5.41, 5.74) is 10.5. The number of halogens is 1. The molecule has 1 amide bonds. The van der Waals surface area contributed by atoms with Gasteiger partial charge in [-0.25, -0.2) is 4.39 Å². The molecule has 1 heterocycles. The summed E-state index contributed by atoms with van der Waals surface area (Å²) in [6.07, 6.45) is 2.57. The lowest BCUT2D eigenvalue weighted by atomic mass is 9.92. The first kappa shape index (κ1) is 20.1. The highest BCUT2D eigenvalue weighted by atomic mass is 28.4. The zero-order chi connectivity index (χ0) is 21.3. The Labute approximate surface area is 172 Å². The van der Waals surface area contributed by atoms with Gasteiger partial charge < -0.3 is 14.6 Å². The molecule has 2 aliphatic rings. The maximum absolute atomic E-state index is 14.5. The third-order valence-electron chi connectivity index (χ3n) is 5.93. The fourth-order valence-electron chi connectivity index (χ4n) is 4.89. The molecular formula is C22H26FNO3Si2. The number of hydrogen-bond acceptors (Lipinski definition) is 3. The van der Waals surface area contributed by atoms with E-state index in [0.717, 1.165) is 38.4 Å². The van der Waals surface area contributed by atoms with Crippen molar-refractivity contribution in [2.45, 2.75) is 39.5 Å². The van der Waals surface area contributed by atoms with Crippen molar-refractivity contribution >= 4 is 39.0 Å². The highest BCUT2D eigenvalue weighted by Crippen LogP contribution is 2.40. The van der Waals surface area contributed by atoms with E-state index < -0.39 is 22.5 Å². The molecule has 152 valence electrons. The fraction of sp³-hybridized carbons (Fsp3) is 0.318. The van der Waals surface area contributed by atoms with Crippen molar-refractivity contribution in [3.05, 3.63) is 46.3 Å². The average molecular weight is 428 g/mol. The first-order chi connectivity index (χ1) is 13.5. The summed E-state index contributed by atoms with van der Waals surface area (Å²) in [6, 6.07) is 5.08. The number of benzene rings is 2. The van der Waals surface area contributed by atoms with Gasteiger partial charge in [-0.15, -0.1) is 0 Å². The number of fused-ring (bicyclic) bond motifs is 3. The first-order valence-corrected chi connectivity index (χ1v) is 15.5. The van der Waals surface area contributed by atoms with Crippen LogP contribution in [0.1, 0.15) is 28.4 Å². The predicted molar refractivity (Wildman–Crippen MR) is 120 cm³/mol. The molecule has 0 unspecified atom stereocenters. The molecule has 4 nitrogen and oxygen atoms in total. The van der Waals surface area contributed by atoms with Crippen LogP contribution in [0.25, 0.3) is 17.2 Å². The lowest BCUT2D eigenvalue weighted by Crippen LogP contribution is -2.64. The van der Waals surface area contributed by atoms with Gasteiger partial charge in [0, 0.05) is 21.5 Å². The normalized spacial score (nSPS) is 18.2. The molecule has 2 aromatic carbocycles. The second kappa shape index (κ2) is 6.39. The number of amides is 1. The van der Waals surface area contributed by atoms with Crippen LogP contribution in [0, 0.1) is 5.82 Å². The summed E-state index contributed by atoms with van der Waals surface area (Å²) in [6.45, 7) is 10.5. The molecule has 0 aromatic heterocycles. The van der Waals surface area contributed by atoms with Gasteiger partial charge in [0.1, 0.15) is 11.6 Å². The number of primary amides is 1. The van der Waals surface area contributed by atoms with E-state index in [1.165, 1.54) is 6.07 Å². The third-order valence-corrected chi connectivity index (χ3v) is 13.4. The Kier molecular flexibility index (Phi) is 4.42. The SMILES string of the molecule is COc1c2cc(C(N)=O)c(-c3ccc(F)c4c3C=C(C)C4)c1[Si](C)(C)O[Si]2(C)C. The minimum Gasteiger partial charge on any atom is -0.497 e. The minimum absolute atomic E-state index is 0.226. The van der Waals surface area contributed by atoms with Crippen molar-refractivity contribution in [2.24, 2.45) is 5.73 Å². The van der Waals surface area contributed by atoms with E-state index in [0.29, 0.717) is 17.5 Å². The van der Waals surface area contributed by atoms with Crippen molar-refractivity contribution in [2.75, 3.05) is 7.11 Å². The Bertz CT molecular complexity index is 1110. The number of allylic oxidation sites excluding steroid dienone is 1. The van der Waals surface area contributed by atoms with Crippen LogP contribution in [0.15, 0.2) is 23.8 Å². The number of hydrogen-bond donors (Lipinski definition) is 1. The van der Waals surface area contributed by atoms with Gasteiger partial charge in [-0.2, -0.15) is 0 Å². The summed E-state index contributed by atoms with van der Waals surface area (Å²) in [4.78, 5) is 12.6. The number of carbonyl (C=O) groups is 1. The van der Waals surface area contributed by atoms with E-state index in [1.54, 1.807) is 13.2 Å². The van der Waals surface area contributed by atoms with Gasteiger partial charge in [0.2, 0.25) is 22.5 Å². The summed E-state index contributed by atoms with van der Waals surface area (Å²) < 4.78 is 27.1.